The maximum Gasteiger partial charge on any atom is 0.0836 e. The first kappa shape index (κ1) is 23.1. The van der Waals surface area contributed by atoms with Gasteiger partial charge in [0.25, 0.3) is 0 Å². The third-order valence-electron chi connectivity index (χ3n) is 1.28. The molecule has 1 nitrogen and oxygen atoms in total. The van der Waals surface area contributed by atoms with Crippen LogP contribution in [0, 0.1) is 23.0 Å². The molecule has 0 aromatic rings. The summed E-state index contributed by atoms with van der Waals surface area (Å²) in [7, 11) is 3.44. The summed E-state index contributed by atoms with van der Waals surface area (Å²) in [6.45, 7) is 14.8. The highest BCUT2D eigenvalue weighted by Crippen LogP contribution is 2.12. The number of halogens is 1. The van der Waals surface area contributed by atoms with E-state index in [1.54, 1.807) is 0 Å². The van der Waals surface area contributed by atoms with E-state index in [2.05, 4.69) is 79.8 Å². The predicted molar refractivity (Wildman–Crippen MR) is 96.6 cm³/mol. The Balaban J connectivity index is -0.000000275. The zero-order valence-corrected chi connectivity index (χ0v) is 16.3. The van der Waals surface area contributed by atoms with Crippen LogP contribution in [-0.2, 0) is 0 Å². The van der Waals surface area contributed by atoms with E-state index >= 15 is 0 Å². The summed E-state index contributed by atoms with van der Waals surface area (Å²) >= 11 is 6.39. The van der Waals surface area contributed by atoms with Crippen molar-refractivity contribution < 1.29 is 0 Å². The number of nitrogens with zero attached hydrogens (tertiary/aromatic N) is 1. The lowest BCUT2D eigenvalue weighted by atomic mass is 10.1. The normalized spacial score (nSPS) is 10.9. The number of rotatable bonds is 2. The van der Waals surface area contributed by atoms with Gasteiger partial charge in [0, 0.05) is 21.2 Å². The average Bonchev–Trinajstić information content (AvgIpc) is 2.19. The first-order chi connectivity index (χ1) is 7.82. The molecular weight excluding hydrogens is 361 g/mol. The molecule has 0 fully saturated rings. The molecule has 0 heterocycles. The van der Waals surface area contributed by atoms with Gasteiger partial charge in [0.15, 0.2) is 0 Å². The minimum atomic E-state index is 0.251. The maximum absolute atomic E-state index is 4.22. The Morgan fingerprint density at radius 1 is 1.12 bits per heavy atom. The van der Waals surface area contributed by atoms with Crippen LogP contribution in [0.3, 0.4) is 0 Å². The van der Waals surface area contributed by atoms with Gasteiger partial charge in [-0.1, -0.05) is 67.2 Å². The van der Waals surface area contributed by atoms with E-state index in [9.17, 15) is 0 Å². The van der Waals surface area contributed by atoms with Gasteiger partial charge in [-0.25, -0.2) is 4.31 Å². The zero-order valence-electron chi connectivity index (χ0n) is 12.4. The van der Waals surface area contributed by atoms with Crippen molar-refractivity contribution in [2.24, 2.45) is 11.8 Å². The van der Waals surface area contributed by atoms with Gasteiger partial charge in [0.2, 0.25) is 0 Å². The monoisotopic (exact) mass is 389 g/mol. The molecule has 1 atom stereocenters. The van der Waals surface area contributed by atoms with E-state index in [0.29, 0.717) is 5.92 Å². The largest absolute Gasteiger partial charge is 0.241 e. The van der Waals surface area contributed by atoms with E-state index in [1.165, 1.54) is 8.93 Å². The van der Waals surface area contributed by atoms with E-state index in [1.807, 2.05) is 25.2 Å². The van der Waals surface area contributed by atoms with Gasteiger partial charge in [0.1, 0.15) is 0 Å². The fraction of sp³-hybridized carbons (Fsp3) is 0.846. The lowest BCUT2D eigenvalue weighted by Gasteiger charge is -2.20. The van der Waals surface area contributed by atoms with Crippen molar-refractivity contribution in [1.29, 1.82) is 0 Å². The summed E-state index contributed by atoms with van der Waals surface area (Å²) in [4.78, 5) is 0. The molecule has 4 heteroatoms. The summed E-state index contributed by atoms with van der Waals surface area (Å²) in [5, 5.41) is 2.97. The molecule has 0 aliphatic rings. The molecule has 0 aliphatic carbocycles. The topological polar surface area (TPSA) is 3.24 Å². The van der Waals surface area contributed by atoms with Gasteiger partial charge in [-0.3, -0.25) is 0 Å². The average molecular weight is 389 g/mol. The van der Waals surface area contributed by atoms with Crippen LogP contribution in [0.25, 0.3) is 0 Å². The summed E-state index contributed by atoms with van der Waals surface area (Å²) in [5.41, 5.74) is 0. The quantitative estimate of drug-likeness (QED) is 0.376. The minimum absolute atomic E-state index is 0.251. The molecule has 17 heavy (non-hydrogen) atoms. The maximum atomic E-state index is 4.22. The second kappa shape index (κ2) is 16.9. The molecule has 104 valence electrons. The Hall–Kier alpha value is 0.950. The van der Waals surface area contributed by atoms with Gasteiger partial charge < -0.3 is 0 Å². The highest BCUT2D eigenvalue weighted by molar-refractivity contribution is 14.2. The van der Waals surface area contributed by atoms with Crippen LogP contribution in [-0.4, -0.2) is 17.4 Å². The third-order valence-corrected chi connectivity index (χ3v) is 2.38. The van der Waals surface area contributed by atoms with Crippen LogP contribution in [0.4, 0.5) is 0 Å². The number of hydrogen-bond acceptors (Lipinski definition) is 3. The molecule has 0 saturated carbocycles. The van der Waals surface area contributed by atoms with Crippen molar-refractivity contribution in [2.45, 2.75) is 54.5 Å². The van der Waals surface area contributed by atoms with Gasteiger partial charge in [-0.2, -0.15) is 0 Å². The van der Waals surface area contributed by atoms with Crippen molar-refractivity contribution >= 4 is 43.0 Å². The second-order valence-corrected chi connectivity index (χ2v) is 6.63. The van der Waals surface area contributed by atoms with Crippen LogP contribution >= 0.6 is 43.0 Å². The van der Waals surface area contributed by atoms with E-state index in [-0.39, 0.29) is 6.04 Å². The van der Waals surface area contributed by atoms with Crippen LogP contribution < -0.4 is 0 Å². The molecule has 0 bridgehead atoms. The Morgan fingerprint density at radius 3 is 1.65 bits per heavy atom. The second-order valence-electron chi connectivity index (χ2n) is 4.32. The summed E-state index contributed by atoms with van der Waals surface area (Å²) in [5.74, 6) is 4.48. The van der Waals surface area contributed by atoms with Crippen molar-refractivity contribution in [2.75, 3.05) is 7.05 Å². The lowest BCUT2D eigenvalue weighted by Crippen LogP contribution is -2.27. The zero-order chi connectivity index (χ0) is 14.4. The fourth-order valence-corrected chi connectivity index (χ4v) is 1.65. The molecule has 0 aliphatic heterocycles. The lowest BCUT2D eigenvalue weighted by molar-refractivity contribution is 0.393. The van der Waals surface area contributed by atoms with Crippen molar-refractivity contribution in [3.63, 3.8) is 0 Å². The van der Waals surface area contributed by atoms with Gasteiger partial charge in [-0.15, -0.1) is 0 Å². The third kappa shape index (κ3) is 22.6. The molecule has 0 N–H and O–H groups in total. The standard InChI is InChI=1S/C7H12INS2.C4H10.C2H6/c1-6(2)7(9(3)10)4-5-11-8;1-4(2)3;1-2/h6-7,10H,1-3H3;4H,1-3H3;1-2H3. The Bertz CT molecular complexity index is 185. The van der Waals surface area contributed by atoms with Crippen LogP contribution in [0.2, 0.25) is 0 Å². The first-order valence-electron chi connectivity index (χ1n) is 6.02. The van der Waals surface area contributed by atoms with Crippen molar-refractivity contribution in [3.8, 4) is 11.2 Å². The van der Waals surface area contributed by atoms with Crippen LogP contribution in [0.1, 0.15) is 48.5 Å². The molecule has 0 amide bonds. The van der Waals surface area contributed by atoms with Gasteiger partial charge in [0.05, 0.1) is 6.04 Å². The number of thiol groups is 1. The van der Waals surface area contributed by atoms with E-state index < -0.39 is 0 Å². The smallest absolute Gasteiger partial charge is 0.0836 e. The molecule has 0 saturated heterocycles. The van der Waals surface area contributed by atoms with E-state index in [0.717, 1.165) is 5.92 Å². The van der Waals surface area contributed by atoms with Crippen molar-refractivity contribution in [3.05, 3.63) is 0 Å². The predicted octanol–water partition coefficient (Wildman–Crippen LogP) is 5.52. The summed E-state index contributed by atoms with van der Waals surface area (Å²) in [6, 6.07) is 0.251. The van der Waals surface area contributed by atoms with Crippen LogP contribution in [0.15, 0.2) is 0 Å². The molecule has 0 aromatic heterocycles. The van der Waals surface area contributed by atoms with Crippen molar-refractivity contribution in [1.82, 2.24) is 4.31 Å². The highest BCUT2D eigenvalue weighted by atomic mass is 127. The molecular formula is C13H28INS2. The van der Waals surface area contributed by atoms with Crippen LogP contribution in [0.5, 0.6) is 0 Å². The fourth-order valence-electron chi connectivity index (χ4n) is 0.774. The SMILES string of the molecule is CC.CC(C)C.CC(C)C(C#CSI)N(C)S. The summed E-state index contributed by atoms with van der Waals surface area (Å²) < 4.78 is 1.85. The van der Waals surface area contributed by atoms with Gasteiger partial charge >= 0.3 is 0 Å². The minimum Gasteiger partial charge on any atom is -0.241 e. The highest BCUT2D eigenvalue weighted by Gasteiger charge is 2.12. The molecule has 0 spiro atoms. The first-order valence-corrected chi connectivity index (χ1v) is 9.78. The molecule has 1 unspecified atom stereocenters. The van der Waals surface area contributed by atoms with Gasteiger partial charge in [-0.05, 0) is 33.1 Å². The Labute approximate surface area is 131 Å². The summed E-state index contributed by atoms with van der Waals surface area (Å²) in [6.07, 6.45) is 0. The van der Waals surface area contributed by atoms with E-state index in [4.69, 9.17) is 0 Å². The Morgan fingerprint density at radius 2 is 1.47 bits per heavy atom. The molecule has 0 aromatic carbocycles. The Kier molecular flexibility index (Phi) is 23.0. The molecule has 0 radical (unpaired) electrons. The number of hydrogen-bond donors (Lipinski definition) is 1. The molecule has 0 rings (SSSR count).